The van der Waals surface area contributed by atoms with E-state index in [0.717, 1.165) is 29.6 Å². The van der Waals surface area contributed by atoms with Crippen LogP contribution < -0.4 is 0 Å². The molecule has 0 radical (unpaired) electrons. The largest absolute Gasteiger partial charge is 0.0654 e. The molecule has 1 aliphatic carbocycles. The van der Waals surface area contributed by atoms with Gasteiger partial charge in [0.05, 0.1) is 0 Å². The molecule has 0 aromatic rings. The van der Waals surface area contributed by atoms with Gasteiger partial charge in [-0.3, -0.25) is 0 Å². The van der Waals surface area contributed by atoms with E-state index in [1.807, 2.05) is 0 Å². The molecule has 126 valence electrons. The molecule has 1 saturated carbocycles. The Morgan fingerprint density at radius 2 is 1.67 bits per heavy atom. The molecule has 0 spiro atoms. The van der Waals surface area contributed by atoms with Crippen LogP contribution in [0.3, 0.4) is 0 Å². The van der Waals surface area contributed by atoms with Crippen LogP contribution in [-0.2, 0) is 0 Å². The summed E-state index contributed by atoms with van der Waals surface area (Å²) in [5.41, 5.74) is 0.521. The van der Waals surface area contributed by atoms with Crippen molar-refractivity contribution in [1.29, 1.82) is 0 Å². The van der Waals surface area contributed by atoms with Gasteiger partial charge in [-0.05, 0) is 47.8 Å². The lowest BCUT2D eigenvalue weighted by atomic mass is 9.62. The van der Waals surface area contributed by atoms with Crippen LogP contribution in [0.4, 0.5) is 0 Å². The molecule has 5 atom stereocenters. The lowest BCUT2D eigenvalue weighted by Crippen LogP contribution is -2.34. The number of hydrogen-bond acceptors (Lipinski definition) is 0. The lowest BCUT2D eigenvalue weighted by molar-refractivity contribution is 0.0665. The van der Waals surface area contributed by atoms with Crippen LogP contribution in [0.25, 0.3) is 0 Å². The molecule has 0 aromatic heterocycles. The average Bonchev–Trinajstić information content (AvgIpc) is 2.63. The Hall–Kier alpha value is 0. The van der Waals surface area contributed by atoms with Crippen LogP contribution in [-0.4, -0.2) is 0 Å². The summed E-state index contributed by atoms with van der Waals surface area (Å²) in [5, 5.41) is 0. The second kappa shape index (κ2) is 8.59. The van der Waals surface area contributed by atoms with Crippen molar-refractivity contribution in [3.05, 3.63) is 0 Å². The normalized spacial score (nSPS) is 29.7. The number of rotatable bonds is 7. The smallest absolute Gasteiger partial charge is 0.0274 e. The Labute approximate surface area is 135 Å². The molecule has 0 nitrogen and oxygen atoms in total. The first-order chi connectivity index (χ1) is 9.81. The van der Waals surface area contributed by atoms with E-state index in [1.54, 1.807) is 0 Å². The van der Waals surface area contributed by atoms with Crippen molar-refractivity contribution in [3.8, 4) is 0 Å². The molecule has 0 aliphatic heterocycles. The molecule has 0 saturated heterocycles. The van der Waals surface area contributed by atoms with E-state index in [9.17, 15) is 0 Å². The van der Waals surface area contributed by atoms with E-state index in [-0.39, 0.29) is 0 Å². The van der Waals surface area contributed by atoms with Gasteiger partial charge >= 0.3 is 0 Å². The molecule has 21 heavy (non-hydrogen) atoms. The topological polar surface area (TPSA) is 0 Å². The molecule has 5 unspecified atom stereocenters. The highest BCUT2D eigenvalue weighted by molar-refractivity contribution is 4.86. The van der Waals surface area contributed by atoms with E-state index in [0.29, 0.717) is 5.41 Å². The summed E-state index contributed by atoms with van der Waals surface area (Å²) < 4.78 is 0. The van der Waals surface area contributed by atoms with Crippen molar-refractivity contribution in [2.24, 2.45) is 35.0 Å². The van der Waals surface area contributed by atoms with Gasteiger partial charge in [0.1, 0.15) is 0 Å². The first-order valence-corrected chi connectivity index (χ1v) is 9.81. The third kappa shape index (κ3) is 5.29. The predicted molar refractivity (Wildman–Crippen MR) is 96.5 cm³/mol. The highest BCUT2D eigenvalue weighted by Gasteiger charge is 2.37. The summed E-state index contributed by atoms with van der Waals surface area (Å²) in [4.78, 5) is 0. The summed E-state index contributed by atoms with van der Waals surface area (Å²) in [5.74, 6) is 4.52. The standard InChI is InChI=1S/C21H42/c1-8-10-19(6)21(7,16(2)3)15-18(5)20-12-9-11-17(4)13-14-20/h16-20H,8-15H2,1-7H3. The van der Waals surface area contributed by atoms with Gasteiger partial charge in [-0.25, -0.2) is 0 Å². The minimum Gasteiger partial charge on any atom is -0.0654 e. The molecule has 0 N–H and O–H groups in total. The Balaban J connectivity index is 2.69. The molecular formula is C21H42. The average molecular weight is 295 g/mol. The first kappa shape index (κ1) is 19.0. The van der Waals surface area contributed by atoms with Crippen LogP contribution in [0.15, 0.2) is 0 Å². The van der Waals surface area contributed by atoms with Crippen molar-refractivity contribution >= 4 is 0 Å². The highest BCUT2D eigenvalue weighted by atomic mass is 14.4. The van der Waals surface area contributed by atoms with Crippen LogP contribution in [0, 0.1) is 35.0 Å². The minimum absolute atomic E-state index is 0.521. The third-order valence-corrected chi connectivity index (χ3v) is 7.04. The van der Waals surface area contributed by atoms with Crippen LogP contribution in [0.5, 0.6) is 0 Å². The van der Waals surface area contributed by atoms with Crippen molar-refractivity contribution < 1.29 is 0 Å². The fraction of sp³-hybridized carbons (Fsp3) is 1.00. The Morgan fingerprint density at radius 3 is 2.24 bits per heavy atom. The molecule has 0 heterocycles. The summed E-state index contributed by atoms with van der Waals surface area (Å²) in [6.45, 7) is 17.3. The zero-order valence-corrected chi connectivity index (χ0v) is 16.0. The summed E-state index contributed by atoms with van der Waals surface area (Å²) in [6, 6.07) is 0. The molecule has 0 bridgehead atoms. The second-order valence-corrected chi connectivity index (χ2v) is 8.91. The maximum Gasteiger partial charge on any atom is -0.0274 e. The van der Waals surface area contributed by atoms with Gasteiger partial charge in [0.15, 0.2) is 0 Å². The van der Waals surface area contributed by atoms with Gasteiger partial charge in [0.25, 0.3) is 0 Å². The van der Waals surface area contributed by atoms with Gasteiger partial charge in [0, 0.05) is 0 Å². The van der Waals surface area contributed by atoms with E-state index in [4.69, 9.17) is 0 Å². The van der Waals surface area contributed by atoms with Crippen molar-refractivity contribution in [2.75, 3.05) is 0 Å². The zero-order chi connectivity index (χ0) is 16.0. The van der Waals surface area contributed by atoms with E-state index in [1.165, 1.54) is 51.4 Å². The zero-order valence-electron chi connectivity index (χ0n) is 16.0. The summed E-state index contributed by atoms with van der Waals surface area (Å²) in [7, 11) is 0. The SMILES string of the molecule is CCCC(C)C(C)(CC(C)C1CCCC(C)CC1)C(C)C. The highest BCUT2D eigenvalue weighted by Crippen LogP contribution is 2.46. The first-order valence-electron chi connectivity index (χ1n) is 9.81. The predicted octanol–water partition coefficient (Wildman–Crippen LogP) is 7.33. The lowest BCUT2D eigenvalue weighted by Gasteiger charge is -2.43. The molecule has 1 aliphatic rings. The quantitative estimate of drug-likeness (QED) is 0.431. The van der Waals surface area contributed by atoms with Crippen molar-refractivity contribution in [2.45, 2.75) is 99.8 Å². The van der Waals surface area contributed by atoms with Crippen molar-refractivity contribution in [3.63, 3.8) is 0 Å². The second-order valence-electron chi connectivity index (χ2n) is 8.91. The molecular weight excluding hydrogens is 252 g/mol. The molecule has 0 heteroatoms. The van der Waals surface area contributed by atoms with Gasteiger partial charge < -0.3 is 0 Å². The van der Waals surface area contributed by atoms with E-state index >= 15 is 0 Å². The van der Waals surface area contributed by atoms with Gasteiger partial charge in [0.2, 0.25) is 0 Å². The maximum atomic E-state index is 2.58. The molecule has 0 aromatic carbocycles. The summed E-state index contributed by atoms with van der Waals surface area (Å²) in [6.07, 6.45) is 11.5. The monoisotopic (exact) mass is 294 g/mol. The van der Waals surface area contributed by atoms with Gasteiger partial charge in [-0.2, -0.15) is 0 Å². The Morgan fingerprint density at radius 1 is 1.00 bits per heavy atom. The van der Waals surface area contributed by atoms with Gasteiger partial charge in [-0.15, -0.1) is 0 Å². The Kier molecular flexibility index (Phi) is 7.79. The fourth-order valence-electron chi connectivity index (χ4n) is 4.71. The van der Waals surface area contributed by atoms with Crippen molar-refractivity contribution in [1.82, 2.24) is 0 Å². The van der Waals surface area contributed by atoms with Gasteiger partial charge in [-0.1, -0.05) is 87.0 Å². The maximum absolute atomic E-state index is 2.58. The minimum atomic E-state index is 0.521. The third-order valence-electron chi connectivity index (χ3n) is 7.04. The fourth-order valence-corrected chi connectivity index (χ4v) is 4.71. The molecule has 1 fully saturated rings. The van der Waals surface area contributed by atoms with E-state index in [2.05, 4.69) is 48.5 Å². The van der Waals surface area contributed by atoms with Crippen LogP contribution in [0.2, 0.25) is 0 Å². The molecule has 1 rings (SSSR count). The van der Waals surface area contributed by atoms with Crippen LogP contribution >= 0.6 is 0 Å². The molecule has 0 amide bonds. The van der Waals surface area contributed by atoms with Crippen LogP contribution in [0.1, 0.15) is 99.8 Å². The number of hydrogen-bond donors (Lipinski definition) is 0. The summed E-state index contributed by atoms with van der Waals surface area (Å²) >= 11 is 0. The van der Waals surface area contributed by atoms with E-state index < -0.39 is 0 Å². The Bertz CT molecular complexity index is 280.